The summed E-state index contributed by atoms with van der Waals surface area (Å²) >= 11 is 0. The van der Waals surface area contributed by atoms with E-state index in [4.69, 9.17) is 0 Å². The van der Waals surface area contributed by atoms with Gasteiger partial charge in [0.2, 0.25) is 0 Å². The van der Waals surface area contributed by atoms with Crippen LogP contribution in [-0.4, -0.2) is 10.1 Å². The van der Waals surface area contributed by atoms with Crippen LogP contribution in [0.15, 0.2) is 18.3 Å². The van der Waals surface area contributed by atoms with Crippen LogP contribution in [-0.2, 0) is 5.60 Å². The quantitative estimate of drug-likeness (QED) is 0.760. The van der Waals surface area contributed by atoms with Crippen LogP contribution >= 0.6 is 0 Å². The number of rotatable bonds is 1. The van der Waals surface area contributed by atoms with Crippen molar-refractivity contribution in [1.29, 1.82) is 0 Å². The summed E-state index contributed by atoms with van der Waals surface area (Å²) in [5.41, 5.74) is 1.48. The predicted molar refractivity (Wildman–Crippen MR) is 58.3 cm³/mol. The number of fused-ring (bicyclic) bond motifs is 1. The van der Waals surface area contributed by atoms with E-state index in [-0.39, 0.29) is 0 Å². The Morgan fingerprint density at radius 2 is 2.00 bits per heavy atom. The predicted octanol–water partition coefficient (Wildman–Crippen LogP) is 2.40. The molecular weight excluding hydrogens is 186 g/mol. The summed E-state index contributed by atoms with van der Waals surface area (Å²) in [7, 11) is 0. The summed E-state index contributed by atoms with van der Waals surface area (Å²) in [6.07, 6.45) is 6.70. The number of aliphatic hydroxyl groups is 1. The first-order valence-corrected chi connectivity index (χ1v) is 5.89. The van der Waals surface area contributed by atoms with Gasteiger partial charge in [-0.3, -0.25) is 4.98 Å². The Labute approximate surface area is 90.4 Å². The minimum Gasteiger partial charge on any atom is -0.383 e. The third kappa shape index (κ3) is 1.18. The summed E-state index contributed by atoms with van der Waals surface area (Å²) in [5.74, 6) is 0.972. The first-order chi connectivity index (χ1) is 7.24. The van der Waals surface area contributed by atoms with Gasteiger partial charge in [0.25, 0.3) is 0 Å². The average Bonchev–Trinajstić information content (AvgIpc) is 2.87. The molecule has 2 aliphatic carbocycles. The maximum Gasteiger partial charge on any atom is 0.113 e. The summed E-state index contributed by atoms with van der Waals surface area (Å²) in [6.45, 7) is 2.05. The van der Waals surface area contributed by atoms with E-state index in [0.29, 0.717) is 11.8 Å². The van der Waals surface area contributed by atoms with E-state index in [9.17, 15) is 5.11 Å². The highest BCUT2D eigenvalue weighted by Crippen LogP contribution is 2.64. The Morgan fingerprint density at radius 3 is 2.60 bits per heavy atom. The summed E-state index contributed by atoms with van der Waals surface area (Å²) < 4.78 is 0. The van der Waals surface area contributed by atoms with E-state index < -0.39 is 5.60 Å². The van der Waals surface area contributed by atoms with Crippen LogP contribution in [0.2, 0.25) is 0 Å². The zero-order valence-electron chi connectivity index (χ0n) is 9.11. The van der Waals surface area contributed by atoms with Gasteiger partial charge < -0.3 is 5.11 Å². The third-order valence-electron chi connectivity index (χ3n) is 4.18. The summed E-state index contributed by atoms with van der Waals surface area (Å²) in [4.78, 5) is 4.39. The van der Waals surface area contributed by atoms with Gasteiger partial charge in [0.15, 0.2) is 0 Å². The Hall–Kier alpha value is -0.890. The van der Waals surface area contributed by atoms with E-state index in [1.54, 1.807) is 6.20 Å². The number of aromatic nitrogens is 1. The lowest BCUT2D eigenvalue weighted by Crippen LogP contribution is -2.14. The molecule has 2 unspecified atom stereocenters. The largest absolute Gasteiger partial charge is 0.383 e. The van der Waals surface area contributed by atoms with Gasteiger partial charge in [-0.05, 0) is 43.2 Å². The molecule has 0 aromatic carbocycles. The fraction of sp³-hybridized carbons (Fsp3) is 0.615. The first kappa shape index (κ1) is 9.34. The molecule has 3 rings (SSSR count). The number of aryl methyl sites for hydroxylation is 1. The zero-order chi connectivity index (χ0) is 10.5. The van der Waals surface area contributed by atoms with Crippen LogP contribution in [0.1, 0.15) is 36.9 Å². The van der Waals surface area contributed by atoms with Crippen LogP contribution in [0.3, 0.4) is 0 Å². The Bertz CT molecular complexity index is 376. The van der Waals surface area contributed by atoms with Gasteiger partial charge in [0, 0.05) is 6.20 Å². The fourth-order valence-corrected chi connectivity index (χ4v) is 3.35. The van der Waals surface area contributed by atoms with Gasteiger partial charge >= 0.3 is 0 Å². The molecule has 1 aromatic heterocycles. The van der Waals surface area contributed by atoms with Crippen molar-refractivity contribution in [2.75, 3.05) is 0 Å². The minimum absolute atomic E-state index is 0.486. The van der Waals surface area contributed by atoms with Gasteiger partial charge in [-0.2, -0.15) is 0 Å². The van der Waals surface area contributed by atoms with Crippen LogP contribution in [0.5, 0.6) is 0 Å². The topological polar surface area (TPSA) is 33.1 Å². The van der Waals surface area contributed by atoms with Crippen LogP contribution < -0.4 is 0 Å². The standard InChI is InChI=1S/C13H17NO/c1-9-5-4-8-14-12(9)13(15)10-6-2-3-7-11(10)13/h4-5,8,10-11,15H,2-3,6-7H2,1H3. The summed E-state index contributed by atoms with van der Waals surface area (Å²) in [5, 5.41) is 10.7. The van der Waals surface area contributed by atoms with Crippen LogP contribution in [0.4, 0.5) is 0 Å². The molecule has 0 aliphatic heterocycles. The first-order valence-electron chi connectivity index (χ1n) is 5.89. The van der Waals surface area contributed by atoms with Crippen molar-refractivity contribution in [2.24, 2.45) is 11.8 Å². The highest BCUT2D eigenvalue weighted by atomic mass is 16.3. The molecule has 2 heteroatoms. The van der Waals surface area contributed by atoms with E-state index >= 15 is 0 Å². The van der Waals surface area contributed by atoms with Crippen molar-refractivity contribution in [1.82, 2.24) is 4.98 Å². The van der Waals surface area contributed by atoms with Crippen molar-refractivity contribution in [3.8, 4) is 0 Å². The smallest absolute Gasteiger partial charge is 0.113 e. The molecule has 0 amide bonds. The van der Waals surface area contributed by atoms with Gasteiger partial charge in [-0.15, -0.1) is 0 Å². The molecule has 0 radical (unpaired) electrons. The molecule has 2 nitrogen and oxygen atoms in total. The number of hydrogen-bond donors (Lipinski definition) is 1. The maximum atomic E-state index is 10.7. The SMILES string of the molecule is Cc1cccnc1C1(O)C2CCCCC21. The molecule has 2 atom stereocenters. The summed E-state index contributed by atoms with van der Waals surface area (Å²) in [6, 6.07) is 3.98. The van der Waals surface area contributed by atoms with Crippen molar-refractivity contribution in [3.63, 3.8) is 0 Å². The van der Waals surface area contributed by atoms with E-state index in [1.165, 1.54) is 25.7 Å². The molecule has 80 valence electrons. The highest BCUT2D eigenvalue weighted by Gasteiger charge is 2.65. The Balaban J connectivity index is 1.98. The molecule has 2 saturated carbocycles. The molecular formula is C13H17NO. The van der Waals surface area contributed by atoms with Crippen molar-refractivity contribution in [2.45, 2.75) is 38.2 Å². The lowest BCUT2D eigenvalue weighted by Gasteiger charge is -2.12. The molecule has 1 aromatic rings. The van der Waals surface area contributed by atoms with E-state index in [0.717, 1.165) is 11.3 Å². The van der Waals surface area contributed by atoms with Gasteiger partial charge in [0.1, 0.15) is 5.60 Å². The number of hydrogen-bond acceptors (Lipinski definition) is 2. The van der Waals surface area contributed by atoms with Crippen molar-refractivity contribution >= 4 is 0 Å². The number of nitrogens with zero attached hydrogens (tertiary/aromatic N) is 1. The lowest BCUT2D eigenvalue weighted by molar-refractivity contribution is 0.112. The molecule has 15 heavy (non-hydrogen) atoms. The Morgan fingerprint density at radius 1 is 1.33 bits per heavy atom. The lowest BCUT2D eigenvalue weighted by atomic mass is 10.0. The molecule has 0 bridgehead atoms. The average molecular weight is 203 g/mol. The minimum atomic E-state index is -0.582. The van der Waals surface area contributed by atoms with E-state index in [1.807, 2.05) is 19.1 Å². The fourth-order valence-electron chi connectivity index (χ4n) is 3.35. The highest BCUT2D eigenvalue weighted by molar-refractivity contribution is 5.33. The van der Waals surface area contributed by atoms with Crippen molar-refractivity contribution < 1.29 is 5.11 Å². The molecule has 2 aliphatic rings. The maximum absolute atomic E-state index is 10.7. The number of pyridine rings is 1. The monoisotopic (exact) mass is 203 g/mol. The third-order valence-corrected chi connectivity index (χ3v) is 4.18. The second-order valence-corrected chi connectivity index (χ2v) is 4.99. The van der Waals surface area contributed by atoms with Gasteiger partial charge in [-0.25, -0.2) is 0 Å². The molecule has 2 fully saturated rings. The van der Waals surface area contributed by atoms with E-state index in [2.05, 4.69) is 4.98 Å². The molecule has 1 heterocycles. The second kappa shape index (κ2) is 3.05. The normalized spacial score (nSPS) is 38.5. The molecule has 1 N–H and O–H groups in total. The van der Waals surface area contributed by atoms with Gasteiger partial charge in [0.05, 0.1) is 5.69 Å². The van der Waals surface area contributed by atoms with Crippen LogP contribution in [0.25, 0.3) is 0 Å². The van der Waals surface area contributed by atoms with Crippen molar-refractivity contribution in [3.05, 3.63) is 29.6 Å². The molecule has 0 spiro atoms. The van der Waals surface area contributed by atoms with Crippen LogP contribution in [0, 0.1) is 18.8 Å². The second-order valence-electron chi connectivity index (χ2n) is 4.99. The Kier molecular flexibility index (Phi) is 1.90. The molecule has 0 saturated heterocycles. The van der Waals surface area contributed by atoms with Gasteiger partial charge in [-0.1, -0.05) is 18.9 Å². The zero-order valence-corrected chi connectivity index (χ0v) is 9.11.